The maximum absolute atomic E-state index is 9.72. The fourth-order valence-corrected chi connectivity index (χ4v) is 0.902. The Morgan fingerprint density at radius 2 is 1.00 bits per heavy atom. The number of hydrogen-bond donors (Lipinski definition) is 0. The van der Waals surface area contributed by atoms with Gasteiger partial charge >= 0.3 is 0 Å². The molecule has 21 heavy (non-hydrogen) atoms. The topological polar surface area (TPSA) is 51.2 Å². The molecule has 0 aromatic heterocycles. The smallest absolute Gasteiger partial charge is 0.142 e. The van der Waals surface area contributed by atoms with Gasteiger partial charge in [0.25, 0.3) is 0 Å². The maximum atomic E-state index is 9.72. The van der Waals surface area contributed by atoms with Crippen molar-refractivity contribution in [2.75, 3.05) is 0 Å². The van der Waals surface area contributed by atoms with Gasteiger partial charge in [0.05, 0.1) is 0 Å². The van der Waals surface area contributed by atoms with Gasteiger partial charge in [0.15, 0.2) is 0 Å². The number of allylic oxidation sites excluding steroid dienone is 8. The van der Waals surface area contributed by atoms with Gasteiger partial charge in [-0.25, -0.2) is 0 Å². The van der Waals surface area contributed by atoms with Crippen LogP contribution >= 0.6 is 0 Å². The summed E-state index contributed by atoms with van der Waals surface area (Å²) in [5.74, 6) is 0. The van der Waals surface area contributed by atoms with Crippen LogP contribution in [0.25, 0.3) is 0 Å². The molecule has 0 aromatic carbocycles. The minimum atomic E-state index is 0. The fourth-order valence-electron chi connectivity index (χ4n) is 0.902. The van der Waals surface area contributed by atoms with Crippen LogP contribution < -0.4 is 0 Å². The number of unbranched alkanes of at least 4 members (excludes halogenated alkanes) is 2. The van der Waals surface area contributed by atoms with Crippen LogP contribution in [0.15, 0.2) is 48.6 Å². The standard InChI is InChI=1S/2C8H12O.CH2O.Ru/c2*1-2-3-4-5-6-7-8-9;1-2;/h2*4-8H,2-3H2,1H3;1H2;. The maximum Gasteiger partial charge on any atom is 0.142 e. The summed E-state index contributed by atoms with van der Waals surface area (Å²) in [5.41, 5.74) is 0. The Balaban J connectivity index is -0.000000118. The zero-order chi connectivity index (χ0) is 15.9. The van der Waals surface area contributed by atoms with Gasteiger partial charge in [0, 0.05) is 19.5 Å². The Hall–Kier alpha value is -1.41. The number of aldehydes is 2. The summed E-state index contributed by atoms with van der Waals surface area (Å²) in [7, 11) is 0. The van der Waals surface area contributed by atoms with Gasteiger partial charge in [-0.2, -0.15) is 0 Å². The van der Waals surface area contributed by atoms with Crippen LogP contribution in [0.3, 0.4) is 0 Å². The van der Waals surface area contributed by atoms with Crippen molar-refractivity contribution in [3.63, 3.8) is 0 Å². The molecule has 0 saturated heterocycles. The van der Waals surface area contributed by atoms with E-state index in [9.17, 15) is 9.59 Å². The summed E-state index contributed by atoms with van der Waals surface area (Å²) in [6, 6.07) is 0. The second kappa shape index (κ2) is 36.3. The van der Waals surface area contributed by atoms with Crippen molar-refractivity contribution in [2.45, 2.75) is 39.5 Å². The molecule has 0 aliphatic heterocycles. The third-order valence-corrected chi connectivity index (χ3v) is 1.78. The molecule has 0 aliphatic rings. The van der Waals surface area contributed by atoms with Crippen LogP contribution in [0.4, 0.5) is 0 Å². The first kappa shape index (κ1) is 27.9. The van der Waals surface area contributed by atoms with E-state index < -0.39 is 0 Å². The van der Waals surface area contributed by atoms with E-state index in [1.54, 1.807) is 12.2 Å². The quantitative estimate of drug-likeness (QED) is 0.277. The van der Waals surface area contributed by atoms with Gasteiger partial charge in [-0.3, -0.25) is 9.59 Å². The predicted molar refractivity (Wildman–Crippen MR) is 85.6 cm³/mol. The molecule has 0 saturated carbocycles. The number of carbonyl (C=O) groups is 3. The molecule has 0 aromatic rings. The van der Waals surface area contributed by atoms with Gasteiger partial charge in [0.2, 0.25) is 0 Å². The Bertz CT molecular complexity index is 275. The summed E-state index contributed by atoms with van der Waals surface area (Å²) in [6.07, 6.45) is 20.3. The van der Waals surface area contributed by atoms with E-state index >= 15 is 0 Å². The Labute approximate surface area is 141 Å². The molecule has 0 radical (unpaired) electrons. The van der Waals surface area contributed by atoms with Crippen molar-refractivity contribution in [3.8, 4) is 0 Å². The SMILES string of the molecule is C=O.CCCC=CC=CC=O.CCCC=CC=CC=O.[Ru]. The molecular formula is C17H26O3Ru. The van der Waals surface area contributed by atoms with Crippen LogP contribution in [-0.2, 0) is 33.9 Å². The Kier molecular flexibility index (Phi) is 48.1. The average Bonchev–Trinajstić information content (AvgIpc) is 2.50. The van der Waals surface area contributed by atoms with Gasteiger partial charge in [-0.1, -0.05) is 63.1 Å². The summed E-state index contributed by atoms with van der Waals surface area (Å²) in [4.78, 5) is 27.4. The zero-order valence-corrected chi connectivity index (χ0v) is 14.6. The van der Waals surface area contributed by atoms with Crippen molar-refractivity contribution < 1.29 is 33.9 Å². The van der Waals surface area contributed by atoms with Crippen LogP contribution in [0.1, 0.15) is 39.5 Å². The third-order valence-electron chi connectivity index (χ3n) is 1.78. The first-order chi connectivity index (χ1) is 9.83. The summed E-state index contributed by atoms with van der Waals surface area (Å²) < 4.78 is 0. The molecule has 0 unspecified atom stereocenters. The van der Waals surface area contributed by atoms with Gasteiger partial charge in [-0.05, 0) is 25.0 Å². The molecule has 0 bridgehead atoms. The van der Waals surface area contributed by atoms with Crippen LogP contribution in [-0.4, -0.2) is 19.4 Å². The molecule has 0 atom stereocenters. The molecule has 0 aliphatic carbocycles. The van der Waals surface area contributed by atoms with Crippen LogP contribution in [0.2, 0.25) is 0 Å². The average molecular weight is 379 g/mol. The number of hydrogen-bond acceptors (Lipinski definition) is 3. The minimum absolute atomic E-state index is 0. The number of rotatable bonds is 8. The molecule has 0 N–H and O–H groups in total. The molecule has 0 fully saturated rings. The predicted octanol–water partition coefficient (Wildman–Crippen LogP) is 4.01. The van der Waals surface area contributed by atoms with Gasteiger partial charge in [0.1, 0.15) is 19.4 Å². The second-order valence-electron chi connectivity index (χ2n) is 3.48. The van der Waals surface area contributed by atoms with Gasteiger partial charge in [-0.15, -0.1) is 0 Å². The van der Waals surface area contributed by atoms with Crippen molar-refractivity contribution in [1.29, 1.82) is 0 Å². The normalized spacial score (nSPS) is 9.81. The molecular weight excluding hydrogens is 353 g/mol. The van der Waals surface area contributed by atoms with Crippen LogP contribution in [0, 0.1) is 0 Å². The largest absolute Gasteiger partial charge is 0.307 e. The van der Waals surface area contributed by atoms with E-state index in [0.29, 0.717) is 0 Å². The molecule has 0 spiro atoms. The van der Waals surface area contributed by atoms with E-state index in [1.807, 2.05) is 31.1 Å². The summed E-state index contributed by atoms with van der Waals surface area (Å²) in [6.45, 7) is 6.24. The molecule has 0 heterocycles. The molecule has 4 heteroatoms. The monoisotopic (exact) mass is 380 g/mol. The zero-order valence-electron chi connectivity index (χ0n) is 12.9. The van der Waals surface area contributed by atoms with E-state index in [4.69, 9.17) is 4.79 Å². The van der Waals surface area contributed by atoms with E-state index in [-0.39, 0.29) is 19.5 Å². The molecule has 0 amide bonds. The van der Waals surface area contributed by atoms with E-state index in [2.05, 4.69) is 13.8 Å². The fraction of sp³-hybridized carbons (Fsp3) is 0.353. The first-order valence-corrected chi connectivity index (χ1v) is 6.66. The number of carbonyl (C=O) groups excluding carboxylic acids is 3. The van der Waals surface area contributed by atoms with Crippen molar-refractivity contribution >= 4 is 19.4 Å². The second-order valence-corrected chi connectivity index (χ2v) is 3.48. The summed E-state index contributed by atoms with van der Waals surface area (Å²) in [5, 5.41) is 0. The minimum Gasteiger partial charge on any atom is -0.307 e. The summed E-state index contributed by atoms with van der Waals surface area (Å²) >= 11 is 0. The first-order valence-electron chi connectivity index (χ1n) is 6.66. The van der Waals surface area contributed by atoms with E-state index in [0.717, 1.165) is 38.3 Å². The molecule has 0 rings (SSSR count). The molecule has 120 valence electrons. The molecule has 3 nitrogen and oxygen atoms in total. The Morgan fingerprint density at radius 1 is 0.667 bits per heavy atom. The van der Waals surface area contributed by atoms with Crippen molar-refractivity contribution in [3.05, 3.63) is 48.6 Å². The van der Waals surface area contributed by atoms with E-state index in [1.165, 1.54) is 12.2 Å². The van der Waals surface area contributed by atoms with Crippen molar-refractivity contribution in [1.82, 2.24) is 0 Å². The van der Waals surface area contributed by atoms with Crippen LogP contribution in [0.5, 0.6) is 0 Å². The van der Waals surface area contributed by atoms with Crippen molar-refractivity contribution in [2.24, 2.45) is 0 Å². The third kappa shape index (κ3) is 45.6. The van der Waals surface area contributed by atoms with Gasteiger partial charge < -0.3 is 4.79 Å². The Morgan fingerprint density at radius 3 is 1.24 bits per heavy atom.